The molecule has 0 saturated carbocycles. The van der Waals surface area contributed by atoms with E-state index in [4.69, 9.17) is 9.47 Å². The largest absolute Gasteiger partial charge is 0.485 e. The Bertz CT molecular complexity index is 727. The first-order valence-corrected chi connectivity index (χ1v) is 9.57. The molecule has 1 aliphatic rings. The van der Waals surface area contributed by atoms with Crippen LogP contribution in [0.25, 0.3) is 0 Å². The number of rotatable bonds is 3. The van der Waals surface area contributed by atoms with Crippen molar-refractivity contribution in [2.24, 2.45) is 5.92 Å². The molecule has 1 aromatic carbocycles. The summed E-state index contributed by atoms with van der Waals surface area (Å²) in [6, 6.07) is 5.56. The maximum Gasteiger partial charge on any atom is 0.410 e. The maximum absolute atomic E-state index is 12.8. The highest BCUT2D eigenvalue weighted by molar-refractivity contribution is 5.99. The molecule has 0 spiro atoms. The third-order valence-electron chi connectivity index (χ3n) is 4.68. The molecular formula is C21H33N3O4. The van der Waals surface area contributed by atoms with Gasteiger partial charge in [-0.25, -0.2) is 4.79 Å². The first kappa shape index (κ1) is 21.9. The lowest BCUT2D eigenvalue weighted by Gasteiger charge is -2.36. The van der Waals surface area contributed by atoms with Crippen LogP contribution in [0.4, 0.5) is 10.5 Å². The van der Waals surface area contributed by atoms with Crippen LogP contribution in [-0.2, 0) is 4.74 Å². The highest BCUT2D eigenvalue weighted by Gasteiger charge is 2.33. The number of benzene rings is 1. The summed E-state index contributed by atoms with van der Waals surface area (Å²) in [5.74, 6) is 0.519. The summed E-state index contributed by atoms with van der Waals surface area (Å²) in [6.07, 6.45) is -0.677. The van der Waals surface area contributed by atoms with Gasteiger partial charge >= 0.3 is 6.09 Å². The smallest absolute Gasteiger partial charge is 0.410 e. The Hall–Kier alpha value is -2.44. The number of para-hydroxylation sites is 1. The van der Waals surface area contributed by atoms with Crippen molar-refractivity contribution in [3.05, 3.63) is 23.8 Å². The molecule has 2 amide bonds. The third kappa shape index (κ3) is 5.09. The molecule has 156 valence electrons. The van der Waals surface area contributed by atoms with Crippen LogP contribution >= 0.6 is 0 Å². The van der Waals surface area contributed by atoms with Crippen molar-refractivity contribution >= 4 is 17.7 Å². The lowest BCUT2D eigenvalue weighted by atomic mass is 10.0. The zero-order chi connectivity index (χ0) is 21.2. The van der Waals surface area contributed by atoms with E-state index < -0.39 is 11.7 Å². The molecule has 2 rings (SSSR count). The molecule has 0 radical (unpaired) electrons. The second kappa shape index (κ2) is 8.29. The van der Waals surface area contributed by atoms with Gasteiger partial charge in [0.25, 0.3) is 5.91 Å². The number of nitrogens with zero attached hydrogens (tertiary/aromatic N) is 3. The number of likely N-dealkylation sites (N-methyl/N-ethyl adjacent to an activating group) is 1. The van der Waals surface area contributed by atoms with Gasteiger partial charge < -0.3 is 24.2 Å². The third-order valence-corrected chi connectivity index (χ3v) is 4.68. The number of ether oxygens (including phenoxy) is 2. The van der Waals surface area contributed by atoms with Crippen LogP contribution in [0.2, 0.25) is 0 Å². The number of carbonyl (C=O) groups is 2. The summed E-state index contributed by atoms with van der Waals surface area (Å²) in [5, 5.41) is 0. The van der Waals surface area contributed by atoms with Crippen molar-refractivity contribution in [2.75, 3.05) is 46.2 Å². The number of anilines is 1. The molecule has 0 unspecified atom stereocenters. The minimum Gasteiger partial charge on any atom is -0.485 e. The van der Waals surface area contributed by atoms with E-state index in [0.717, 1.165) is 5.69 Å². The molecule has 7 nitrogen and oxygen atoms in total. The molecule has 2 atom stereocenters. The van der Waals surface area contributed by atoms with E-state index in [2.05, 4.69) is 0 Å². The fourth-order valence-electron chi connectivity index (χ4n) is 3.18. The first-order valence-electron chi connectivity index (χ1n) is 9.57. The quantitative estimate of drug-likeness (QED) is 0.792. The van der Waals surface area contributed by atoms with Gasteiger partial charge in [-0.15, -0.1) is 0 Å². The standard InChI is InChI=1S/C21H33N3O4/c1-14-12-23(7)19(25)15-10-9-11-16(22(5)6)18(15)27-17(14)13-24(8)20(26)28-21(2,3)4/h9-11,14,17H,12-13H2,1-8H3/t14-,17-/m1/s1. The van der Waals surface area contributed by atoms with Crippen molar-refractivity contribution < 1.29 is 19.1 Å². The van der Waals surface area contributed by atoms with Crippen molar-refractivity contribution in [3.63, 3.8) is 0 Å². The van der Waals surface area contributed by atoms with E-state index in [1.165, 1.54) is 4.90 Å². The predicted molar refractivity (Wildman–Crippen MR) is 110 cm³/mol. The fourth-order valence-corrected chi connectivity index (χ4v) is 3.18. The number of amides is 2. The van der Waals surface area contributed by atoms with E-state index in [1.54, 1.807) is 25.1 Å². The Morgan fingerprint density at radius 3 is 2.50 bits per heavy atom. The number of hydrogen-bond acceptors (Lipinski definition) is 5. The van der Waals surface area contributed by atoms with Gasteiger partial charge in [-0.1, -0.05) is 13.0 Å². The molecule has 28 heavy (non-hydrogen) atoms. The molecule has 1 aliphatic heterocycles. The van der Waals surface area contributed by atoms with Gasteiger partial charge in [0.2, 0.25) is 0 Å². The van der Waals surface area contributed by atoms with Crippen LogP contribution in [0.15, 0.2) is 18.2 Å². The van der Waals surface area contributed by atoms with Gasteiger partial charge in [-0.05, 0) is 32.9 Å². The molecule has 7 heteroatoms. The predicted octanol–water partition coefficient (Wildman–Crippen LogP) is 3.09. The fraction of sp³-hybridized carbons (Fsp3) is 0.619. The summed E-state index contributed by atoms with van der Waals surface area (Å²) in [6.45, 7) is 8.45. The van der Waals surface area contributed by atoms with Crippen LogP contribution in [0.5, 0.6) is 5.75 Å². The molecule has 0 saturated heterocycles. The second-order valence-electron chi connectivity index (χ2n) is 8.73. The Kier molecular flexibility index (Phi) is 6.47. The SMILES string of the molecule is C[C@@H]1CN(C)C(=O)c2cccc(N(C)C)c2O[C@@H]1CN(C)C(=O)OC(C)(C)C. The Labute approximate surface area is 168 Å². The molecule has 0 N–H and O–H groups in total. The molecule has 0 aliphatic carbocycles. The highest BCUT2D eigenvalue weighted by atomic mass is 16.6. The van der Waals surface area contributed by atoms with Crippen LogP contribution in [-0.4, -0.2) is 74.8 Å². The molecular weight excluding hydrogens is 358 g/mol. The molecule has 0 bridgehead atoms. The van der Waals surface area contributed by atoms with Crippen LogP contribution in [0.1, 0.15) is 38.1 Å². The van der Waals surface area contributed by atoms with Crippen LogP contribution in [0, 0.1) is 5.92 Å². The molecule has 1 heterocycles. The Morgan fingerprint density at radius 1 is 1.29 bits per heavy atom. The topological polar surface area (TPSA) is 62.3 Å². The van der Waals surface area contributed by atoms with Crippen molar-refractivity contribution in [1.82, 2.24) is 9.80 Å². The van der Waals surface area contributed by atoms with Gasteiger partial charge in [0.15, 0.2) is 5.75 Å². The zero-order valence-electron chi connectivity index (χ0n) is 18.3. The molecule has 1 aromatic rings. The monoisotopic (exact) mass is 391 g/mol. The van der Waals surface area contributed by atoms with Gasteiger partial charge in [-0.3, -0.25) is 4.79 Å². The van der Waals surface area contributed by atoms with E-state index >= 15 is 0 Å². The molecule has 0 aromatic heterocycles. The summed E-state index contributed by atoms with van der Waals surface area (Å²) < 4.78 is 11.8. The average molecular weight is 392 g/mol. The minimum absolute atomic E-state index is 0.0298. The summed E-state index contributed by atoms with van der Waals surface area (Å²) in [5.41, 5.74) is 0.805. The van der Waals surface area contributed by atoms with Crippen molar-refractivity contribution in [3.8, 4) is 5.75 Å². The lowest BCUT2D eigenvalue weighted by Crippen LogP contribution is -2.47. The number of fused-ring (bicyclic) bond motifs is 1. The van der Waals surface area contributed by atoms with E-state index in [0.29, 0.717) is 24.4 Å². The van der Waals surface area contributed by atoms with Gasteiger partial charge in [0.05, 0.1) is 17.8 Å². The van der Waals surface area contributed by atoms with Crippen molar-refractivity contribution in [1.29, 1.82) is 0 Å². The Morgan fingerprint density at radius 2 is 1.93 bits per heavy atom. The van der Waals surface area contributed by atoms with Gasteiger partial charge in [0.1, 0.15) is 11.7 Å². The van der Waals surface area contributed by atoms with Crippen LogP contribution in [0.3, 0.4) is 0 Å². The van der Waals surface area contributed by atoms with Gasteiger partial charge in [-0.2, -0.15) is 0 Å². The maximum atomic E-state index is 12.8. The van der Waals surface area contributed by atoms with E-state index in [-0.39, 0.29) is 17.9 Å². The zero-order valence-corrected chi connectivity index (χ0v) is 18.3. The molecule has 0 fully saturated rings. The normalized spacial score (nSPS) is 19.9. The summed E-state index contributed by atoms with van der Waals surface area (Å²) in [4.78, 5) is 30.4. The summed E-state index contributed by atoms with van der Waals surface area (Å²) >= 11 is 0. The second-order valence-corrected chi connectivity index (χ2v) is 8.73. The lowest BCUT2D eigenvalue weighted by molar-refractivity contribution is 0.0151. The van der Waals surface area contributed by atoms with E-state index in [9.17, 15) is 9.59 Å². The highest BCUT2D eigenvalue weighted by Crippen LogP contribution is 2.35. The first-order chi connectivity index (χ1) is 12.9. The van der Waals surface area contributed by atoms with Crippen molar-refractivity contribution in [2.45, 2.75) is 39.4 Å². The number of carbonyl (C=O) groups excluding carboxylic acids is 2. The van der Waals surface area contributed by atoms with Gasteiger partial charge in [0, 0.05) is 40.7 Å². The van der Waals surface area contributed by atoms with Crippen LogP contribution < -0.4 is 9.64 Å². The van der Waals surface area contributed by atoms with E-state index in [1.807, 2.05) is 58.8 Å². The summed E-state index contributed by atoms with van der Waals surface area (Å²) in [7, 11) is 7.33. The minimum atomic E-state index is -0.559. The number of hydrogen-bond donors (Lipinski definition) is 0. The Balaban J connectivity index is 2.35. The average Bonchev–Trinajstić information content (AvgIpc) is 2.57.